The van der Waals surface area contributed by atoms with E-state index >= 15 is 0 Å². The lowest BCUT2D eigenvalue weighted by Crippen LogP contribution is -1.98. The highest BCUT2D eigenvalue weighted by Gasteiger charge is 2.14. The number of benzene rings is 1. The second kappa shape index (κ2) is 8.05. The molecule has 23 heavy (non-hydrogen) atoms. The maximum absolute atomic E-state index is 14.9. The number of hydrogen-bond donors (Lipinski definition) is 0. The molecule has 2 aromatic rings. The van der Waals surface area contributed by atoms with Crippen LogP contribution in [0.3, 0.4) is 0 Å². The second-order valence-corrected chi connectivity index (χ2v) is 6.01. The van der Waals surface area contributed by atoms with Gasteiger partial charge in [-0.1, -0.05) is 44.6 Å². The van der Waals surface area contributed by atoms with Gasteiger partial charge in [0.1, 0.15) is 5.82 Å². The summed E-state index contributed by atoms with van der Waals surface area (Å²) < 4.78 is 14.9. The monoisotopic (exact) mass is 311 g/mol. The van der Waals surface area contributed by atoms with Gasteiger partial charge in [0.2, 0.25) is 0 Å². The molecule has 0 atom stereocenters. The van der Waals surface area contributed by atoms with Crippen molar-refractivity contribution in [1.29, 1.82) is 0 Å². The number of aromatic nitrogens is 1. The van der Waals surface area contributed by atoms with Crippen LogP contribution in [-0.2, 0) is 12.8 Å². The third-order valence-electron chi connectivity index (χ3n) is 4.25. The van der Waals surface area contributed by atoms with E-state index in [2.05, 4.69) is 37.0 Å². The summed E-state index contributed by atoms with van der Waals surface area (Å²) in [6.07, 6.45) is 10.0. The molecule has 0 spiro atoms. The van der Waals surface area contributed by atoms with Crippen molar-refractivity contribution in [2.45, 2.75) is 53.4 Å². The molecule has 0 N–H and O–H groups in total. The number of rotatable bonds is 6. The zero-order valence-corrected chi connectivity index (χ0v) is 14.6. The van der Waals surface area contributed by atoms with Crippen LogP contribution in [0, 0.1) is 19.7 Å². The largest absolute Gasteiger partial charge is 0.261 e. The van der Waals surface area contributed by atoms with E-state index in [-0.39, 0.29) is 5.82 Å². The van der Waals surface area contributed by atoms with Crippen LogP contribution in [0.2, 0.25) is 0 Å². The van der Waals surface area contributed by atoms with Crippen molar-refractivity contribution in [2.75, 3.05) is 0 Å². The Morgan fingerprint density at radius 3 is 2.52 bits per heavy atom. The average Bonchev–Trinajstić information content (AvgIpc) is 2.55. The van der Waals surface area contributed by atoms with Gasteiger partial charge in [0, 0.05) is 17.5 Å². The molecule has 1 aromatic heterocycles. The van der Waals surface area contributed by atoms with Crippen molar-refractivity contribution in [3.63, 3.8) is 0 Å². The maximum atomic E-state index is 14.9. The Bertz CT molecular complexity index is 701. The summed E-state index contributed by atoms with van der Waals surface area (Å²) in [6, 6.07) is 5.95. The summed E-state index contributed by atoms with van der Waals surface area (Å²) >= 11 is 0. The Kier molecular flexibility index (Phi) is 6.09. The standard InChI is InChI=1S/C21H26FN/c1-5-7-8-9-10-18-11-12-19(21(22)16(18)4)20-13-15(3)23-14-17(20)6-2/h8-9,11-14H,5-7,10H2,1-4H3/b9-8-. The number of halogens is 1. The molecule has 0 unspecified atom stereocenters. The quantitative estimate of drug-likeness (QED) is 0.599. The van der Waals surface area contributed by atoms with Crippen molar-refractivity contribution in [1.82, 2.24) is 4.98 Å². The van der Waals surface area contributed by atoms with Gasteiger partial charge >= 0.3 is 0 Å². The summed E-state index contributed by atoms with van der Waals surface area (Å²) in [6.45, 7) is 8.06. The Balaban J connectivity index is 2.39. The third kappa shape index (κ3) is 4.07. The molecule has 0 aliphatic rings. The number of allylic oxidation sites excluding steroid dienone is 2. The Labute approximate surface area is 139 Å². The molecular formula is C21H26FN. The summed E-state index contributed by atoms with van der Waals surface area (Å²) in [5.41, 5.74) is 5.47. The predicted molar refractivity (Wildman–Crippen MR) is 96.2 cm³/mol. The summed E-state index contributed by atoms with van der Waals surface area (Å²) in [7, 11) is 0. The van der Waals surface area contributed by atoms with Crippen LogP contribution >= 0.6 is 0 Å². The molecule has 0 radical (unpaired) electrons. The molecule has 0 saturated heterocycles. The van der Waals surface area contributed by atoms with E-state index in [0.717, 1.165) is 53.6 Å². The predicted octanol–water partition coefficient (Wildman–Crippen LogP) is 5.97. The number of unbranched alkanes of at least 4 members (excludes halogenated alkanes) is 1. The first kappa shape index (κ1) is 17.4. The van der Waals surface area contributed by atoms with Gasteiger partial charge in [0.05, 0.1) is 0 Å². The van der Waals surface area contributed by atoms with Gasteiger partial charge in [-0.05, 0) is 61.4 Å². The van der Waals surface area contributed by atoms with Crippen LogP contribution in [0.25, 0.3) is 11.1 Å². The lowest BCUT2D eigenvalue weighted by Gasteiger charge is -2.13. The lowest BCUT2D eigenvalue weighted by molar-refractivity contribution is 0.619. The van der Waals surface area contributed by atoms with Gasteiger partial charge in [-0.25, -0.2) is 4.39 Å². The van der Waals surface area contributed by atoms with Crippen molar-refractivity contribution < 1.29 is 4.39 Å². The molecular weight excluding hydrogens is 285 g/mol. The van der Waals surface area contributed by atoms with E-state index in [4.69, 9.17) is 0 Å². The van der Waals surface area contributed by atoms with E-state index in [1.54, 1.807) is 0 Å². The van der Waals surface area contributed by atoms with E-state index in [9.17, 15) is 4.39 Å². The topological polar surface area (TPSA) is 12.9 Å². The fourth-order valence-corrected chi connectivity index (χ4v) is 2.77. The number of pyridine rings is 1. The van der Waals surface area contributed by atoms with E-state index < -0.39 is 0 Å². The van der Waals surface area contributed by atoms with Crippen LogP contribution < -0.4 is 0 Å². The van der Waals surface area contributed by atoms with E-state index in [1.165, 1.54) is 0 Å². The highest BCUT2D eigenvalue weighted by Crippen LogP contribution is 2.30. The Morgan fingerprint density at radius 1 is 1.04 bits per heavy atom. The van der Waals surface area contributed by atoms with E-state index in [0.29, 0.717) is 5.56 Å². The van der Waals surface area contributed by atoms with Crippen molar-refractivity contribution in [3.05, 3.63) is 64.7 Å². The molecule has 0 aliphatic carbocycles. The molecule has 0 saturated carbocycles. The molecule has 1 aromatic carbocycles. The van der Waals surface area contributed by atoms with Crippen LogP contribution in [0.5, 0.6) is 0 Å². The van der Waals surface area contributed by atoms with Gasteiger partial charge in [-0.15, -0.1) is 0 Å². The van der Waals surface area contributed by atoms with Gasteiger partial charge in [-0.3, -0.25) is 4.98 Å². The summed E-state index contributed by atoms with van der Waals surface area (Å²) in [5.74, 6) is -0.105. The first-order valence-electron chi connectivity index (χ1n) is 8.47. The summed E-state index contributed by atoms with van der Waals surface area (Å²) in [4.78, 5) is 4.33. The van der Waals surface area contributed by atoms with Crippen LogP contribution in [0.1, 0.15) is 49.1 Å². The SMILES string of the molecule is CCC/C=C\Cc1ccc(-c2cc(C)ncc2CC)c(F)c1C. The first-order chi connectivity index (χ1) is 11.1. The van der Waals surface area contributed by atoms with Crippen molar-refractivity contribution in [2.24, 2.45) is 0 Å². The zero-order valence-electron chi connectivity index (χ0n) is 14.6. The van der Waals surface area contributed by atoms with Crippen LogP contribution in [-0.4, -0.2) is 4.98 Å². The molecule has 0 amide bonds. The highest BCUT2D eigenvalue weighted by molar-refractivity contribution is 5.69. The number of nitrogens with zero attached hydrogens (tertiary/aromatic N) is 1. The molecule has 0 aliphatic heterocycles. The minimum Gasteiger partial charge on any atom is -0.261 e. The Hall–Kier alpha value is -1.96. The van der Waals surface area contributed by atoms with Crippen molar-refractivity contribution >= 4 is 0 Å². The first-order valence-corrected chi connectivity index (χ1v) is 8.47. The highest BCUT2D eigenvalue weighted by atomic mass is 19.1. The average molecular weight is 311 g/mol. The summed E-state index contributed by atoms with van der Waals surface area (Å²) in [5, 5.41) is 0. The number of aryl methyl sites for hydroxylation is 2. The van der Waals surface area contributed by atoms with Crippen molar-refractivity contribution in [3.8, 4) is 11.1 Å². The molecule has 2 heteroatoms. The molecule has 0 bridgehead atoms. The fraction of sp³-hybridized carbons (Fsp3) is 0.381. The molecule has 122 valence electrons. The van der Waals surface area contributed by atoms with Gasteiger partial charge in [0.15, 0.2) is 0 Å². The van der Waals surface area contributed by atoms with Crippen LogP contribution in [0.4, 0.5) is 4.39 Å². The smallest absolute Gasteiger partial charge is 0.134 e. The number of hydrogen-bond acceptors (Lipinski definition) is 1. The maximum Gasteiger partial charge on any atom is 0.134 e. The molecule has 1 nitrogen and oxygen atoms in total. The molecule has 2 rings (SSSR count). The van der Waals surface area contributed by atoms with Gasteiger partial charge in [0.25, 0.3) is 0 Å². The fourth-order valence-electron chi connectivity index (χ4n) is 2.77. The normalized spacial score (nSPS) is 11.3. The third-order valence-corrected chi connectivity index (χ3v) is 4.25. The van der Waals surface area contributed by atoms with Crippen LogP contribution in [0.15, 0.2) is 36.5 Å². The van der Waals surface area contributed by atoms with Gasteiger partial charge < -0.3 is 0 Å². The second-order valence-electron chi connectivity index (χ2n) is 6.01. The van der Waals surface area contributed by atoms with E-state index in [1.807, 2.05) is 32.2 Å². The van der Waals surface area contributed by atoms with Gasteiger partial charge in [-0.2, -0.15) is 0 Å². The Morgan fingerprint density at radius 2 is 1.83 bits per heavy atom. The minimum atomic E-state index is -0.105. The lowest BCUT2D eigenvalue weighted by atomic mass is 9.94. The molecule has 1 heterocycles. The molecule has 0 fully saturated rings. The zero-order chi connectivity index (χ0) is 16.8. The minimum absolute atomic E-state index is 0.105.